The maximum atomic E-state index is 11.9. The van der Waals surface area contributed by atoms with Crippen LogP contribution in [0.4, 0.5) is 0 Å². The monoisotopic (exact) mass is 366 g/mol. The molecule has 1 aromatic heterocycles. The van der Waals surface area contributed by atoms with Gasteiger partial charge in [0.1, 0.15) is 17.1 Å². The number of nitrogens with zero attached hydrogens (tertiary/aromatic N) is 2. The number of aromatic nitrogens is 2. The molecular formula is C22H26N2O3. The highest BCUT2D eigenvalue weighted by Gasteiger charge is 2.18. The van der Waals surface area contributed by atoms with E-state index in [1.165, 1.54) is 5.56 Å². The van der Waals surface area contributed by atoms with E-state index < -0.39 is 0 Å². The molecule has 0 spiro atoms. The lowest BCUT2D eigenvalue weighted by Crippen LogP contribution is -2.07. The quantitative estimate of drug-likeness (QED) is 0.570. The summed E-state index contributed by atoms with van der Waals surface area (Å²) >= 11 is 0. The summed E-state index contributed by atoms with van der Waals surface area (Å²) in [6.45, 7) is 7.10. The Morgan fingerprint density at radius 1 is 1.15 bits per heavy atom. The molecule has 0 aliphatic rings. The van der Waals surface area contributed by atoms with Crippen LogP contribution in [0.15, 0.2) is 36.4 Å². The lowest BCUT2D eigenvalue weighted by Gasteiger charge is -2.12. The molecule has 0 N–H and O–H groups in total. The van der Waals surface area contributed by atoms with Crippen LogP contribution in [-0.2, 0) is 11.3 Å². The van der Waals surface area contributed by atoms with Crippen molar-refractivity contribution in [3.05, 3.63) is 47.5 Å². The highest BCUT2D eigenvalue weighted by atomic mass is 16.5. The van der Waals surface area contributed by atoms with Crippen molar-refractivity contribution in [1.29, 1.82) is 0 Å². The van der Waals surface area contributed by atoms with Crippen molar-refractivity contribution in [2.45, 2.75) is 33.2 Å². The van der Waals surface area contributed by atoms with E-state index in [1.54, 1.807) is 27.2 Å². The first-order valence-corrected chi connectivity index (χ1v) is 9.14. The van der Waals surface area contributed by atoms with Crippen molar-refractivity contribution in [2.75, 3.05) is 20.8 Å². The van der Waals surface area contributed by atoms with Crippen LogP contribution in [0.2, 0.25) is 0 Å². The van der Waals surface area contributed by atoms with Gasteiger partial charge >= 0.3 is 0 Å². The Bertz CT molecular complexity index is 956. The van der Waals surface area contributed by atoms with Gasteiger partial charge in [0.05, 0.1) is 19.2 Å². The molecule has 0 bridgehead atoms. The molecule has 0 fully saturated rings. The highest BCUT2D eigenvalue weighted by Crippen LogP contribution is 2.33. The molecule has 0 saturated carbocycles. The van der Waals surface area contributed by atoms with E-state index in [2.05, 4.69) is 42.7 Å². The summed E-state index contributed by atoms with van der Waals surface area (Å²) in [4.78, 5) is 16.7. The molecule has 0 radical (unpaired) electrons. The zero-order valence-electron chi connectivity index (χ0n) is 16.6. The second kappa shape index (κ2) is 7.92. The Kier molecular flexibility index (Phi) is 5.61. The predicted molar refractivity (Wildman–Crippen MR) is 108 cm³/mol. The topological polar surface area (TPSA) is 53.4 Å². The fraction of sp³-hybridized carbons (Fsp3) is 0.364. The smallest absolute Gasteiger partial charge is 0.160 e. The molecule has 27 heavy (non-hydrogen) atoms. The first kappa shape index (κ1) is 19.1. The molecule has 1 heterocycles. The van der Waals surface area contributed by atoms with E-state index >= 15 is 0 Å². The molecule has 3 rings (SSSR count). The Hall–Kier alpha value is -2.66. The lowest BCUT2D eigenvalue weighted by molar-refractivity contribution is 0.101. The van der Waals surface area contributed by atoms with E-state index in [4.69, 9.17) is 14.5 Å². The number of hydrogen-bond acceptors (Lipinski definition) is 4. The number of benzene rings is 2. The van der Waals surface area contributed by atoms with Gasteiger partial charge in [0.2, 0.25) is 0 Å². The summed E-state index contributed by atoms with van der Waals surface area (Å²) in [5.41, 5.74) is 4.53. The van der Waals surface area contributed by atoms with Crippen LogP contribution >= 0.6 is 0 Å². The van der Waals surface area contributed by atoms with Gasteiger partial charge in [0.15, 0.2) is 5.78 Å². The average Bonchev–Trinajstić information content (AvgIpc) is 3.04. The first-order valence-electron chi connectivity index (χ1n) is 9.14. The second-order valence-electron chi connectivity index (χ2n) is 6.96. The highest BCUT2D eigenvalue weighted by molar-refractivity contribution is 5.99. The number of rotatable bonds is 7. The fourth-order valence-corrected chi connectivity index (χ4v) is 3.23. The first-order chi connectivity index (χ1) is 13.0. The van der Waals surface area contributed by atoms with E-state index in [1.807, 2.05) is 6.07 Å². The fourth-order valence-electron chi connectivity index (χ4n) is 3.23. The number of carbonyl (C=O) groups excluding carboxylic acids is 1. The van der Waals surface area contributed by atoms with E-state index in [0.29, 0.717) is 30.4 Å². The Morgan fingerprint density at radius 3 is 2.41 bits per heavy atom. The number of methoxy groups -OCH3 is 2. The predicted octanol–water partition coefficient (Wildman–Crippen LogP) is 4.68. The molecule has 0 unspecified atom stereocenters. The summed E-state index contributed by atoms with van der Waals surface area (Å²) in [7, 11) is 3.30. The van der Waals surface area contributed by atoms with Crippen molar-refractivity contribution >= 4 is 16.8 Å². The average molecular weight is 366 g/mol. The largest absolute Gasteiger partial charge is 0.494 e. The maximum absolute atomic E-state index is 11.9. The third-order valence-corrected chi connectivity index (χ3v) is 4.79. The molecule has 0 saturated heterocycles. The third kappa shape index (κ3) is 3.74. The van der Waals surface area contributed by atoms with Gasteiger partial charge in [0, 0.05) is 24.8 Å². The van der Waals surface area contributed by atoms with Crippen LogP contribution in [0.25, 0.3) is 22.4 Å². The molecular weight excluding hydrogens is 340 g/mol. The van der Waals surface area contributed by atoms with E-state index in [-0.39, 0.29) is 5.78 Å². The summed E-state index contributed by atoms with van der Waals surface area (Å²) in [6, 6.07) is 12.1. The van der Waals surface area contributed by atoms with Crippen molar-refractivity contribution in [3.8, 4) is 17.1 Å². The molecule has 2 aromatic carbocycles. The molecule has 5 nitrogen and oxygen atoms in total. The number of hydrogen-bond donors (Lipinski definition) is 0. The number of fused-ring (bicyclic) bond motifs is 1. The standard InChI is InChI=1S/C22H26N2O3/c1-14(2)16-6-8-17(9-7-16)22-23-19-12-18(15(3)25)13-20(27-5)21(19)24(22)10-11-26-4/h6-9,12-14H,10-11H2,1-5H3. The Balaban J connectivity index is 2.22. The third-order valence-electron chi connectivity index (χ3n) is 4.79. The molecule has 142 valence electrons. The molecule has 0 aliphatic heterocycles. The minimum Gasteiger partial charge on any atom is -0.494 e. The molecule has 0 aliphatic carbocycles. The number of Topliss-reactive ketones (excluding diaryl/α,β-unsaturated/α-hetero) is 1. The van der Waals surface area contributed by atoms with Crippen LogP contribution in [0, 0.1) is 0 Å². The van der Waals surface area contributed by atoms with Crippen molar-refractivity contribution in [1.82, 2.24) is 9.55 Å². The van der Waals surface area contributed by atoms with Gasteiger partial charge in [0.25, 0.3) is 0 Å². The van der Waals surface area contributed by atoms with Gasteiger partial charge in [-0.25, -0.2) is 4.98 Å². The number of ketones is 1. The van der Waals surface area contributed by atoms with Gasteiger partial charge in [-0.2, -0.15) is 0 Å². The van der Waals surface area contributed by atoms with E-state index in [9.17, 15) is 4.79 Å². The van der Waals surface area contributed by atoms with Crippen LogP contribution in [0.5, 0.6) is 5.75 Å². The maximum Gasteiger partial charge on any atom is 0.160 e. The van der Waals surface area contributed by atoms with Gasteiger partial charge < -0.3 is 14.0 Å². The van der Waals surface area contributed by atoms with Gasteiger partial charge in [-0.1, -0.05) is 38.1 Å². The van der Waals surface area contributed by atoms with Crippen molar-refractivity contribution in [2.24, 2.45) is 0 Å². The minimum atomic E-state index is -0.00974. The minimum absolute atomic E-state index is 0.00974. The summed E-state index contributed by atoms with van der Waals surface area (Å²) < 4.78 is 13.0. The summed E-state index contributed by atoms with van der Waals surface area (Å²) in [5, 5.41) is 0. The molecule has 0 atom stereocenters. The number of carbonyl (C=O) groups is 1. The summed E-state index contributed by atoms with van der Waals surface area (Å²) in [5.74, 6) is 1.96. The van der Waals surface area contributed by atoms with Gasteiger partial charge in [-0.3, -0.25) is 4.79 Å². The van der Waals surface area contributed by atoms with Gasteiger partial charge in [-0.05, 0) is 30.5 Å². The second-order valence-corrected chi connectivity index (χ2v) is 6.96. The number of imidazole rings is 1. The van der Waals surface area contributed by atoms with Crippen LogP contribution in [0.1, 0.15) is 42.6 Å². The lowest BCUT2D eigenvalue weighted by atomic mass is 10.0. The zero-order chi connectivity index (χ0) is 19.6. The van der Waals surface area contributed by atoms with Crippen LogP contribution < -0.4 is 4.74 Å². The normalized spacial score (nSPS) is 11.3. The molecule has 3 aromatic rings. The van der Waals surface area contributed by atoms with E-state index in [0.717, 1.165) is 22.4 Å². The van der Waals surface area contributed by atoms with Crippen LogP contribution in [-0.4, -0.2) is 36.2 Å². The zero-order valence-corrected chi connectivity index (χ0v) is 16.6. The Morgan fingerprint density at radius 2 is 1.85 bits per heavy atom. The molecule has 5 heteroatoms. The van der Waals surface area contributed by atoms with Crippen molar-refractivity contribution < 1.29 is 14.3 Å². The van der Waals surface area contributed by atoms with Gasteiger partial charge in [-0.15, -0.1) is 0 Å². The van der Waals surface area contributed by atoms with Crippen LogP contribution in [0.3, 0.4) is 0 Å². The summed E-state index contributed by atoms with van der Waals surface area (Å²) in [6.07, 6.45) is 0. The molecule has 0 amide bonds. The SMILES string of the molecule is COCCn1c(-c2ccc(C(C)C)cc2)nc2cc(C(C)=O)cc(OC)c21. The Labute approximate surface area is 159 Å². The van der Waals surface area contributed by atoms with Crippen molar-refractivity contribution in [3.63, 3.8) is 0 Å². The number of ether oxygens (including phenoxy) is 2.